The zero-order valence-electron chi connectivity index (χ0n) is 39.9. The van der Waals surface area contributed by atoms with Crippen LogP contribution in [0.3, 0.4) is 0 Å². The predicted octanol–water partition coefficient (Wildman–Crippen LogP) is 9.94. The van der Waals surface area contributed by atoms with Crippen molar-refractivity contribution < 1.29 is 33.7 Å². The average Bonchev–Trinajstić information content (AvgIpc) is 3.94. The minimum Gasteiger partial charge on any atom is -0.511 e. The molecular formula is C51H69N5O7. The lowest BCUT2D eigenvalue weighted by molar-refractivity contribution is -0.163. The topological polar surface area (TPSA) is 151 Å². The van der Waals surface area contributed by atoms with Crippen molar-refractivity contribution >= 4 is 35.0 Å². The van der Waals surface area contributed by atoms with E-state index in [4.69, 9.17) is 29.2 Å². The lowest BCUT2D eigenvalue weighted by Crippen LogP contribution is -2.43. The second kappa shape index (κ2) is 18.9. The molecule has 1 aliphatic carbocycles. The van der Waals surface area contributed by atoms with Crippen LogP contribution in [0.4, 0.5) is 0 Å². The van der Waals surface area contributed by atoms with Crippen molar-refractivity contribution in [3.63, 3.8) is 0 Å². The SMILES string of the molecule is CCCCCCOC(C)C1=C(C)C2=NC1=CC1=NC(=CC3=C(C)C4=C(O)CC(=C5NC(=C2)[C@@H](C)[C@@H]5CCC(=O)N(CC(=O)OC(C)(C)C)CC(=O)OC(C)(C)C)C4=N3)C(CC)=C1C. The first kappa shape index (κ1) is 47.4. The highest BCUT2D eigenvalue weighted by Gasteiger charge is 2.42. The molecule has 0 spiro atoms. The number of aliphatic hydroxyl groups excluding tert-OH is 1. The van der Waals surface area contributed by atoms with Crippen molar-refractivity contribution in [1.82, 2.24) is 10.2 Å². The summed E-state index contributed by atoms with van der Waals surface area (Å²) < 4.78 is 17.6. The van der Waals surface area contributed by atoms with Crippen LogP contribution >= 0.6 is 0 Å². The van der Waals surface area contributed by atoms with Crippen LogP contribution in [0.25, 0.3) is 0 Å². The number of allylic oxidation sites excluding steroid dienone is 11. The fraction of sp³-hybridized carbons (Fsp3) is 0.569. The highest BCUT2D eigenvalue weighted by Crippen LogP contribution is 2.46. The fourth-order valence-electron chi connectivity index (χ4n) is 9.24. The maximum atomic E-state index is 14.2. The minimum absolute atomic E-state index is 0.0370. The number of carbonyl (C=O) groups excluding carboxylic acids is 3. The molecule has 1 fully saturated rings. The number of nitrogens with one attached hydrogen (secondary N) is 1. The van der Waals surface area contributed by atoms with Gasteiger partial charge >= 0.3 is 11.9 Å². The Hall–Kier alpha value is -5.10. The lowest BCUT2D eigenvalue weighted by Gasteiger charge is -2.27. The molecule has 8 bridgehead atoms. The number of carbonyl (C=O) groups is 3. The Morgan fingerprint density at radius 1 is 0.857 bits per heavy atom. The quantitative estimate of drug-likeness (QED) is 0.122. The summed E-state index contributed by atoms with van der Waals surface area (Å²) in [5.41, 5.74) is 11.9. The van der Waals surface area contributed by atoms with Gasteiger partial charge in [0.15, 0.2) is 0 Å². The van der Waals surface area contributed by atoms with Crippen molar-refractivity contribution in [1.29, 1.82) is 0 Å². The molecule has 5 heterocycles. The van der Waals surface area contributed by atoms with E-state index in [0.29, 0.717) is 13.0 Å². The van der Waals surface area contributed by atoms with Crippen LogP contribution in [0, 0.1) is 11.8 Å². The largest absolute Gasteiger partial charge is 0.511 e. The van der Waals surface area contributed by atoms with Crippen LogP contribution in [-0.4, -0.2) is 82.0 Å². The Bertz CT molecular complexity index is 2260. The smallest absolute Gasteiger partial charge is 0.326 e. The first-order valence-corrected chi connectivity index (χ1v) is 22.9. The van der Waals surface area contributed by atoms with Crippen LogP contribution < -0.4 is 5.32 Å². The molecule has 6 aliphatic rings. The van der Waals surface area contributed by atoms with Crippen LogP contribution in [0.5, 0.6) is 0 Å². The van der Waals surface area contributed by atoms with Gasteiger partial charge in [-0.05, 0) is 129 Å². The van der Waals surface area contributed by atoms with Crippen LogP contribution in [0.1, 0.15) is 141 Å². The Balaban J connectivity index is 1.42. The Morgan fingerprint density at radius 2 is 1.49 bits per heavy atom. The van der Waals surface area contributed by atoms with Crippen molar-refractivity contribution in [3.05, 3.63) is 91.5 Å². The van der Waals surface area contributed by atoms with E-state index in [0.717, 1.165) is 110 Å². The van der Waals surface area contributed by atoms with Crippen molar-refractivity contribution in [2.45, 2.75) is 159 Å². The van der Waals surface area contributed by atoms with E-state index in [2.05, 4.69) is 59.0 Å². The number of aliphatic hydroxyl groups is 1. The number of rotatable bonds is 15. The maximum absolute atomic E-state index is 14.2. The van der Waals surface area contributed by atoms with Crippen molar-refractivity contribution in [2.24, 2.45) is 26.8 Å². The van der Waals surface area contributed by atoms with Gasteiger partial charge in [-0.2, -0.15) is 0 Å². The number of unbranched alkanes of at least 4 members (excludes halogenated alkanes) is 3. The van der Waals surface area contributed by atoms with E-state index in [-0.39, 0.29) is 42.4 Å². The summed E-state index contributed by atoms with van der Waals surface area (Å²) in [5.74, 6) is -1.66. The van der Waals surface area contributed by atoms with Gasteiger partial charge in [-0.3, -0.25) is 14.4 Å². The molecule has 340 valence electrons. The molecular weight excluding hydrogens is 795 g/mol. The number of hydrogen-bond donors (Lipinski definition) is 2. The summed E-state index contributed by atoms with van der Waals surface area (Å²) in [6.45, 7) is 25.2. The zero-order valence-corrected chi connectivity index (χ0v) is 39.9. The summed E-state index contributed by atoms with van der Waals surface area (Å²) in [6.07, 6.45) is 12.0. The molecule has 0 radical (unpaired) electrons. The maximum Gasteiger partial charge on any atom is 0.326 e. The van der Waals surface area contributed by atoms with Crippen LogP contribution in [0.2, 0.25) is 0 Å². The van der Waals surface area contributed by atoms with Crippen LogP contribution in [0.15, 0.2) is 106 Å². The number of ether oxygens (including phenoxy) is 3. The van der Waals surface area contributed by atoms with E-state index < -0.39 is 36.2 Å². The average molecular weight is 864 g/mol. The normalized spacial score (nSPS) is 21.3. The molecule has 2 N–H and O–H groups in total. The number of nitrogens with zero attached hydrogens (tertiary/aromatic N) is 4. The molecule has 12 nitrogen and oxygen atoms in total. The predicted molar refractivity (Wildman–Crippen MR) is 249 cm³/mol. The van der Waals surface area contributed by atoms with E-state index >= 15 is 0 Å². The monoisotopic (exact) mass is 864 g/mol. The highest BCUT2D eigenvalue weighted by molar-refractivity contribution is 6.21. The number of esters is 2. The van der Waals surface area contributed by atoms with Gasteiger partial charge in [0, 0.05) is 59.4 Å². The third kappa shape index (κ3) is 10.6. The molecule has 1 saturated heterocycles. The number of aliphatic imine (C=N–C) groups is 3. The van der Waals surface area contributed by atoms with Gasteiger partial charge in [0.2, 0.25) is 5.91 Å². The van der Waals surface area contributed by atoms with Gasteiger partial charge in [-0.1, -0.05) is 40.0 Å². The van der Waals surface area contributed by atoms with Gasteiger partial charge in [-0.15, -0.1) is 0 Å². The van der Waals surface area contributed by atoms with Gasteiger partial charge in [0.25, 0.3) is 0 Å². The lowest BCUT2D eigenvalue weighted by atomic mass is 9.86. The van der Waals surface area contributed by atoms with E-state index in [1.807, 2.05) is 13.0 Å². The van der Waals surface area contributed by atoms with Gasteiger partial charge < -0.3 is 29.5 Å². The van der Waals surface area contributed by atoms with Crippen molar-refractivity contribution in [2.75, 3.05) is 19.7 Å². The molecule has 0 saturated carbocycles. The molecule has 0 aromatic carbocycles. The highest BCUT2D eigenvalue weighted by atomic mass is 16.6. The van der Waals surface area contributed by atoms with E-state index in [1.54, 1.807) is 41.5 Å². The Morgan fingerprint density at radius 3 is 2.11 bits per heavy atom. The second-order valence-corrected chi connectivity index (χ2v) is 19.6. The third-order valence-electron chi connectivity index (χ3n) is 12.4. The summed E-state index contributed by atoms with van der Waals surface area (Å²) >= 11 is 0. The number of fused-ring (bicyclic) bond motifs is 5. The number of hydrogen-bond acceptors (Lipinski definition) is 11. The van der Waals surface area contributed by atoms with Crippen LogP contribution in [-0.2, 0) is 28.6 Å². The van der Waals surface area contributed by atoms with E-state index in [9.17, 15) is 19.5 Å². The van der Waals surface area contributed by atoms with E-state index in [1.165, 1.54) is 11.3 Å². The first-order chi connectivity index (χ1) is 29.6. The summed E-state index contributed by atoms with van der Waals surface area (Å²) in [6, 6.07) is 0. The third-order valence-corrected chi connectivity index (χ3v) is 12.4. The molecule has 1 unspecified atom stereocenters. The van der Waals surface area contributed by atoms with Crippen molar-refractivity contribution in [3.8, 4) is 0 Å². The molecule has 0 aromatic heterocycles. The summed E-state index contributed by atoms with van der Waals surface area (Å²) in [7, 11) is 0. The zero-order chi connectivity index (χ0) is 46.1. The fourth-order valence-corrected chi connectivity index (χ4v) is 9.24. The van der Waals surface area contributed by atoms with Gasteiger partial charge in [-0.25, -0.2) is 15.0 Å². The summed E-state index contributed by atoms with van der Waals surface area (Å²) in [4.78, 5) is 57.2. The first-order valence-electron chi connectivity index (χ1n) is 22.9. The molecule has 12 heteroatoms. The minimum atomic E-state index is -0.772. The molecule has 3 atom stereocenters. The molecule has 63 heavy (non-hydrogen) atoms. The second-order valence-electron chi connectivity index (χ2n) is 19.6. The summed E-state index contributed by atoms with van der Waals surface area (Å²) in [5, 5.41) is 15.4. The van der Waals surface area contributed by atoms with Gasteiger partial charge in [0.1, 0.15) is 30.1 Å². The molecule has 0 aromatic rings. The Labute approximate surface area is 374 Å². The standard InChI is InChI=1S/C51H69N5O7/c1-14-16-17-18-21-61-32(7)46-30(5)38-23-37-29(4)34(19-20-43(58)56(26-44(59)62-50(8,9)10)27-45(60)63-51(11,12)13)48(54-37)35-22-42(57)47-31(6)39(55-49(35)47)24-40-33(15-2)28(3)36(52-40)25-41(46)53-38/h23-25,29,32,34,54,57H,14-22,26-27H2,1-13H3/t29-,32?,34-/m0/s1. The van der Waals surface area contributed by atoms with Gasteiger partial charge in [0.05, 0.1) is 40.3 Å². The molecule has 5 aliphatic heterocycles. The molecule has 6 rings (SSSR count). The Kier molecular flexibility index (Phi) is 14.2. The molecule has 1 amide bonds. The number of amides is 1.